The quantitative estimate of drug-likeness (QED) is 0.605. The molecule has 1 aliphatic rings. The summed E-state index contributed by atoms with van der Waals surface area (Å²) in [4.78, 5) is 24.6. The molecule has 118 valence electrons. The van der Waals surface area contributed by atoms with Gasteiger partial charge in [-0.3, -0.25) is 14.3 Å². The van der Waals surface area contributed by atoms with Crippen molar-refractivity contribution in [2.24, 2.45) is 0 Å². The highest BCUT2D eigenvalue weighted by Crippen LogP contribution is 2.24. The second kappa shape index (κ2) is 5.89. The predicted octanol–water partition coefficient (Wildman–Crippen LogP) is -1.13. The number of nitrogens with zero attached hydrogens (tertiary/aromatic N) is 4. The largest absolute Gasteiger partial charge is 0.388 e. The summed E-state index contributed by atoms with van der Waals surface area (Å²) >= 11 is 2.00. The molecule has 0 aromatic carbocycles. The molecule has 0 bridgehead atoms. The first-order valence-electron chi connectivity index (χ1n) is 6.32. The molecule has 0 radical (unpaired) electrons. The third-order valence-corrected chi connectivity index (χ3v) is 3.91. The van der Waals surface area contributed by atoms with Crippen molar-refractivity contribution in [3.8, 4) is 0 Å². The standard InChI is InChI=1S/C11H11FIN5O4/c12-5-1-18(11(21)14-10(5)20)6-4-22-7(9(6)19)2-17-3-8(13)15-16-17/h1,3,6-7,9,19H,2,4H2,(H,14,20,21). The molecule has 0 aliphatic carbocycles. The van der Waals surface area contributed by atoms with Gasteiger partial charge in [0.05, 0.1) is 31.6 Å². The maximum atomic E-state index is 13.3. The Hall–Kier alpha value is -1.60. The normalized spacial score (nSPS) is 24.8. The molecule has 9 nitrogen and oxygen atoms in total. The van der Waals surface area contributed by atoms with Crippen LogP contribution in [0.5, 0.6) is 0 Å². The number of H-pyrrole nitrogens is 1. The SMILES string of the molecule is O=c1[nH]c(=O)n(C2COC(Cn3cc(I)nn3)C2O)cc1F. The van der Waals surface area contributed by atoms with Crippen molar-refractivity contribution >= 4 is 22.6 Å². The van der Waals surface area contributed by atoms with Gasteiger partial charge < -0.3 is 9.84 Å². The number of hydrogen-bond donors (Lipinski definition) is 2. The number of halogens is 2. The van der Waals surface area contributed by atoms with E-state index in [0.717, 1.165) is 10.8 Å². The second-order valence-electron chi connectivity index (χ2n) is 4.84. The zero-order chi connectivity index (χ0) is 15.9. The first kappa shape index (κ1) is 15.3. The molecule has 1 fully saturated rings. The molecule has 0 spiro atoms. The van der Waals surface area contributed by atoms with Gasteiger partial charge in [0.25, 0.3) is 5.56 Å². The van der Waals surface area contributed by atoms with Crippen molar-refractivity contribution in [3.63, 3.8) is 0 Å². The second-order valence-corrected chi connectivity index (χ2v) is 5.94. The van der Waals surface area contributed by atoms with Gasteiger partial charge >= 0.3 is 5.69 Å². The fraction of sp³-hybridized carbons (Fsp3) is 0.455. The summed E-state index contributed by atoms with van der Waals surface area (Å²) in [5, 5.41) is 18.0. The average molecular weight is 423 g/mol. The minimum atomic E-state index is -1.10. The third-order valence-electron chi connectivity index (χ3n) is 3.42. The number of rotatable bonds is 3. The van der Waals surface area contributed by atoms with E-state index in [9.17, 15) is 19.1 Å². The van der Waals surface area contributed by atoms with Crippen LogP contribution in [0.3, 0.4) is 0 Å². The summed E-state index contributed by atoms with van der Waals surface area (Å²) in [7, 11) is 0. The number of hydrogen-bond acceptors (Lipinski definition) is 6. The predicted molar refractivity (Wildman–Crippen MR) is 78.8 cm³/mol. The van der Waals surface area contributed by atoms with E-state index in [-0.39, 0.29) is 13.2 Å². The van der Waals surface area contributed by atoms with Crippen molar-refractivity contribution in [2.75, 3.05) is 6.61 Å². The number of aromatic nitrogens is 5. The first-order valence-corrected chi connectivity index (χ1v) is 7.40. The summed E-state index contributed by atoms with van der Waals surface area (Å²) in [5.74, 6) is -1.10. The Morgan fingerprint density at radius 2 is 2.27 bits per heavy atom. The molecule has 0 amide bonds. The number of ether oxygens (including phenoxy) is 1. The molecule has 0 saturated carbocycles. The molecule has 3 unspecified atom stereocenters. The first-order chi connectivity index (χ1) is 10.5. The fourth-order valence-corrected chi connectivity index (χ4v) is 2.75. The van der Waals surface area contributed by atoms with Crippen LogP contribution < -0.4 is 11.2 Å². The lowest BCUT2D eigenvalue weighted by Gasteiger charge is -2.18. The van der Waals surface area contributed by atoms with Crippen molar-refractivity contribution in [1.29, 1.82) is 0 Å². The highest BCUT2D eigenvalue weighted by molar-refractivity contribution is 14.1. The van der Waals surface area contributed by atoms with E-state index in [1.165, 1.54) is 4.68 Å². The number of aromatic amines is 1. The van der Waals surface area contributed by atoms with Crippen LogP contribution in [-0.2, 0) is 11.3 Å². The van der Waals surface area contributed by atoms with Gasteiger partial charge in [-0.2, -0.15) is 4.39 Å². The molecule has 1 aliphatic heterocycles. The Labute approximate surface area is 135 Å². The molecule has 1 saturated heterocycles. The van der Waals surface area contributed by atoms with Crippen molar-refractivity contribution in [2.45, 2.75) is 24.8 Å². The summed E-state index contributed by atoms with van der Waals surface area (Å²) in [6.07, 6.45) is 0.781. The highest BCUT2D eigenvalue weighted by atomic mass is 127. The minimum absolute atomic E-state index is 0.0169. The van der Waals surface area contributed by atoms with E-state index in [1.54, 1.807) is 6.20 Å². The maximum Gasteiger partial charge on any atom is 0.328 e. The van der Waals surface area contributed by atoms with Gasteiger partial charge in [-0.1, -0.05) is 5.21 Å². The van der Waals surface area contributed by atoms with Crippen molar-refractivity contribution < 1.29 is 14.2 Å². The Morgan fingerprint density at radius 3 is 2.95 bits per heavy atom. The van der Waals surface area contributed by atoms with Gasteiger partial charge in [0.2, 0.25) is 5.82 Å². The van der Waals surface area contributed by atoms with Crippen LogP contribution in [-0.4, -0.2) is 48.5 Å². The number of aliphatic hydroxyl groups excluding tert-OH is 1. The van der Waals surface area contributed by atoms with E-state index in [4.69, 9.17) is 4.74 Å². The number of nitrogens with one attached hydrogen (secondary N) is 1. The van der Waals surface area contributed by atoms with Gasteiger partial charge in [0.15, 0.2) is 0 Å². The molecule has 2 N–H and O–H groups in total. The van der Waals surface area contributed by atoms with E-state index < -0.39 is 35.3 Å². The zero-order valence-electron chi connectivity index (χ0n) is 11.0. The lowest BCUT2D eigenvalue weighted by molar-refractivity contribution is 0.0255. The Morgan fingerprint density at radius 1 is 1.50 bits per heavy atom. The fourth-order valence-electron chi connectivity index (χ4n) is 2.33. The Balaban J connectivity index is 1.81. The van der Waals surface area contributed by atoms with Crippen LogP contribution in [0.2, 0.25) is 0 Å². The molecule has 2 aromatic rings. The average Bonchev–Trinajstić information content (AvgIpc) is 3.02. The lowest BCUT2D eigenvalue weighted by atomic mass is 10.1. The van der Waals surface area contributed by atoms with Crippen LogP contribution in [0.15, 0.2) is 22.0 Å². The van der Waals surface area contributed by atoms with Crippen molar-refractivity contribution in [1.82, 2.24) is 24.5 Å². The topological polar surface area (TPSA) is 115 Å². The Bertz CT molecular complexity index is 802. The van der Waals surface area contributed by atoms with Gasteiger partial charge in [0.1, 0.15) is 15.9 Å². The maximum absolute atomic E-state index is 13.3. The minimum Gasteiger partial charge on any atom is -0.388 e. The van der Waals surface area contributed by atoms with Crippen molar-refractivity contribution in [3.05, 3.63) is 42.7 Å². The molecular weight excluding hydrogens is 412 g/mol. The summed E-state index contributed by atoms with van der Waals surface area (Å²) in [6.45, 7) is 0.261. The molecule has 22 heavy (non-hydrogen) atoms. The van der Waals surface area contributed by atoms with E-state index in [1.807, 2.05) is 27.6 Å². The van der Waals surface area contributed by atoms with Crippen LogP contribution in [0.1, 0.15) is 6.04 Å². The molecule has 3 heterocycles. The van der Waals surface area contributed by atoms with Gasteiger partial charge in [-0.05, 0) is 22.6 Å². The summed E-state index contributed by atoms with van der Waals surface area (Å²) < 4.78 is 21.9. The zero-order valence-corrected chi connectivity index (χ0v) is 13.2. The smallest absolute Gasteiger partial charge is 0.328 e. The van der Waals surface area contributed by atoms with E-state index in [0.29, 0.717) is 3.70 Å². The van der Waals surface area contributed by atoms with Gasteiger partial charge in [0, 0.05) is 0 Å². The van der Waals surface area contributed by atoms with Crippen LogP contribution in [0, 0.1) is 9.52 Å². The highest BCUT2D eigenvalue weighted by Gasteiger charge is 2.38. The lowest BCUT2D eigenvalue weighted by Crippen LogP contribution is -2.39. The van der Waals surface area contributed by atoms with Crippen LogP contribution >= 0.6 is 22.6 Å². The molecule has 3 atom stereocenters. The summed E-state index contributed by atoms with van der Waals surface area (Å²) in [6, 6.07) is -0.786. The van der Waals surface area contributed by atoms with Crippen LogP contribution in [0.4, 0.5) is 4.39 Å². The van der Waals surface area contributed by atoms with Gasteiger partial charge in [-0.25, -0.2) is 9.48 Å². The third kappa shape index (κ3) is 2.83. The molecule has 3 rings (SSSR count). The van der Waals surface area contributed by atoms with Crippen LogP contribution in [0.25, 0.3) is 0 Å². The molecule has 2 aromatic heterocycles. The summed E-state index contributed by atoms with van der Waals surface area (Å²) in [5.41, 5.74) is -1.89. The monoisotopic (exact) mass is 423 g/mol. The molecule has 11 heteroatoms. The molecular formula is C11H11FIN5O4. The van der Waals surface area contributed by atoms with E-state index in [2.05, 4.69) is 10.3 Å². The Kier molecular flexibility index (Phi) is 4.10. The number of aliphatic hydroxyl groups is 1. The van der Waals surface area contributed by atoms with Gasteiger partial charge in [-0.15, -0.1) is 5.10 Å². The van der Waals surface area contributed by atoms with E-state index >= 15 is 0 Å².